The van der Waals surface area contributed by atoms with E-state index in [-0.39, 0.29) is 5.91 Å². The third-order valence-corrected chi connectivity index (χ3v) is 3.82. The maximum Gasteiger partial charge on any atom is 0.243 e. The average Bonchev–Trinajstić information content (AvgIpc) is 3.01. The van der Waals surface area contributed by atoms with Crippen molar-refractivity contribution in [3.8, 4) is 5.75 Å². The minimum Gasteiger partial charge on any atom is -0.497 e. The Morgan fingerprint density at radius 2 is 1.91 bits per heavy atom. The first-order valence-electron chi connectivity index (χ1n) is 7.04. The van der Waals surface area contributed by atoms with E-state index >= 15 is 0 Å². The van der Waals surface area contributed by atoms with Crippen molar-refractivity contribution in [3.05, 3.63) is 64.7 Å². The number of hydrazone groups is 1. The molecule has 0 radical (unpaired) electrons. The fourth-order valence-corrected chi connectivity index (χ4v) is 2.52. The quantitative estimate of drug-likeness (QED) is 0.864. The number of hydrogen-bond donors (Lipinski definition) is 0. The average molecular weight is 331 g/mol. The second-order valence-corrected chi connectivity index (χ2v) is 5.40. The first-order chi connectivity index (χ1) is 11.1. The van der Waals surface area contributed by atoms with Crippen LogP contribution in [0.2, 0.25) is 5.02 Å². The number of carbonyl (C=O) groups is 1. The molecule has 23 heavy (non-hydrogen) atoms. The number of ether oxygens (including phenoxy) is 2. The minimum absolute atomic E-state index is 0.224. The molecule has 6 heteroatoms. The summed E-state index contributed by atoms with van der Waals surface area (Å²) in [4.78, 5) is 11.9. The molecule has 1 heterocycles. The maximum absolute atomic E-state index is 11.9. The van der Waals surface area contributed by atoms with Crippen molar-refractivity contribution < 1.29 is 14.3 Å². The summed E-state index contributed by atoms with van der Waals surface area (Å²) in [5.74, 6) is 0.879. The zero-order chi connectivity index (χ0) is 16.4. The number of nitrogens with zero attached hydrogens (tertiary/aromatic N) is 2. The number of carbonyl (C=O) groups excluding carboxylic acids is 1. The second-order valence-electron chi connectivity index (χ2n) is 4.99. The summed E-state index contributed by atoms with van der Waals surface area (Å²) in [5, 5.41) is 6.11. The number of benzene rings is 2. The molecule has 0 saturated carbocycles. The summed E-state index contributed by atoms with van der Waals surface area (Å²) in [7, 11) is 1.60. The molecular formula is C17H15ClN2O3. The molecule has 5 nitrogen and oxygen atoms in total. The Morgan fingerprint density at radius 1 is 1.22 bits per heavy atom. The van der Waals surface area contributed by atoms with Crippen molar-refractivity contribution >= 4 is 23.4 Å². The first-order valence-corrected chi connectivity index (χ1v) is 7.42. The van der Waals surface area contributed by atoms with Gasteiger partial charge >= 0.3 is 0 Å². The lowest BCUT2D eigenvalue weighted by Gasteiger charge is -2.20. The van der Waals surface area contributed by atoms with Gasteiger partial charge in [-0.2, -0.15) is 5.01 Å². The Balaban J connectivity index is 1.93. The molecule has 1 amide bonds. The van der Waals surface area contributed by atoms with Gasteiger partial charge in [0, 0.05) is 23.1 Å². The molecule has 2 aromatic rings. The Hall–Kier alpha value is -2.53. The third kappa shape index (κ3) is 3.00. The predicted octanol–water partition coefficient (Wildman–Crippen LogP) is 3.59. The van der Waals surface area contributed by atoms with E-state index in [2.05, 4.69) is 5.10 Å². The Morgan fingerprint density at radius 3 is 2.52 bits per heavy atom. The lowest BCUT2D eigenvalue weighted by Crippen LogP contribution is -2.25. The standard InChI is InChI=1S/C17H15ClN2O3/c1-11(21)20-17(14-5-3-4-6-15(14)18)23-16(19-20)12-7-9-13(22-2)10-8-12/h3-10,17H,1-2H3/t17-/m0/s1. The van der Waals surface area contributed by atoms with Crippen LogP contribution in [-0.4, -0.2) is 23.9 Å². The Bertz CT molecular complexity index is 759. The zero-order valence-corrected chi connectivity index (χ0v) is 13.4. The van der Waals surface area contributed by atoms with E-state index in [9.17, 15) is 4.79 Å². The minimum atomic E-state index is -0.668. The van der Waals surface area contributed by atoms with Gasteiger partial charge in [-0.05, 0) is 30.3 Å². The normalized spacial score (nSPS) is 16.7. The number of halogens is 1. The van der Waals surface area contributed by atoms with Crippen LogP contribution in [-0.2, 0) is 9.53 Å². The summed E-state index contributed by atoms with van der Waals surface area (Å²) in [6, 6.07) is 14.5. The Kier molecular flexibility index (Phi) is 4.21. The number of methoxy groups -OCH3 is 1. The fourth-order valence-electron chi connectivity index (χ4n) is 2.30. The molecule has 0 aromatic heterocycles. The SMILES string of the molecule is COc1ccc(C2=NN(C(C)=O)[C@H](c3ccccc3Cl)O2)cc1. The van der Waals surface area contributed by atoms with Crippen LogP contribution in [0.5, 0.6) is 5.75 Å². The monoisotopic (exact) mass is 330 g/mol. The summed E-state index contributed by atoms with van der Waals surface area (Å²) >= 11 is 6.22. The molecule has 0 saturated heterocycles. The Labute approximate surface area is 139 Å². The van der Waals surface area contributed by atoms with E-state index in [0.717, 1.165) is 11.3 Å². The molecule has 1 aliphatic rings. The lowest BCUT2D eigenvalue weighted by molar-refractivity contribution is -0.135. The molecule has 0 aliphatic carbocycles. The van der Waals surface area contributed by atoms with E-state index in [1.165, 1.54) is 11.9 Å². The molecule has 0 unspecified atom stereocenters. The van der Waals surface area contributed by atoms with Gasteiger partial charge < -0.3 is 9.47 Å². The summed E-state index contributed by atoms with van der Waals surface area (Å²) in [5.41, 5.74) is 1.45. The summed E-state index contributed by atoms with van der Waals surface area (Å²) in [6.07, 6.45) is -0.668. The first kappa shape index (κ1) is 15.4. The molecule has 0 spiro atoms. The van der Waals surface area contributed by atoms with Crippen LogP contribution in [0.25, 0.3) is 0 Å². The molecule has 1 aliphatic heterocycles. The molecule has 0 fully saturated rings. The second kappa shape index (κ2) is 6.30. The van der Waals surface area contributed by atoms with E-state index < -0.39 is 6.23 Å². The number of amides is 1. The van der Waals surface area contributed by atoms with Crippen molar-refractivity contribution in [1.29, 1.82) is 0 Å². The largest absolute Gasteiger partial charge is 0.497 e. The molecule has 0 bridgehead atoms. The van der Waals surface area contributed by atoms with Gasteiger partial charge in [0.05, 0.1) is 7.11 Å². The van der Waals surface area contributed by atoms with Crippen molar-refractivity contribution in [1.82, 2.24) is 5.01 Å². The molecule has 2 aromatic carbocycles. The van der Waals surface area contributed by atoms with Gasteiger partial charge in [0.2, 0.25) is 18.0 Å². The van der Waals surface area contributed by atoms with E-state index in [1.54, 1.807) is 13.2 Å². The smallest absolute Gasteiger partial charge is 0.243 e. The molecular weight excluding hydrogens is 316 g/mol. The lowest BCUT2D eigenvalue weighted by atomic mass is 10.2. The topological polar surface area (TPSA) is 51.1 Å². The van der Waals surface area contributed by atoms with Gasteiger partial charge in [-0.1, -0.05) is 29.8 Å². The molecule has 0 N–H and O–H groups in total. The maximum atomic E-state index is 11.9. The van der Waals surface area contributed by atoms with Crippen LogP contribution in [0, 0.1) is 0 Å². The predicted molar refractivity (Wildman–Crippen MR) is 87.3 cm³/mol. The van der Waals surface area contributed by atoms with Crippen LogP contribution >= 0.6 is 11.6 Å². The van der Waals surface area contributed by atoms with E-state index in [1.807, 2.05) is 42.5 Å². The highest BCUT2D eigenvalue weighted by atomic mass is 35.5. The van der Waals surface area contributed by atoms with Crippen molar-refractivity contribution in [2.24, 2.45) is 5.10 Å². The molecule has 3 rings (SSSR count). The van der Waals surface area contributed by atoms with Crippen LogP contribution in [0.4, 0.5) is 0 Å². The van der Waals surface area contributed by atoms with Crippen LogP contribution in [0.1, 0.15) is 24.3 Å². The molecule has 1 atom stereocenters. The molecule has 118 valence electrons. The van der Waals surface area contributed by atoms with E-state index in [4.69, 9.17) is 21.1 Å². The number of rotatable bonds is 3. The zero-order valence-electron chi connectivity index (χ0n) is 12.7. The van der Waals surface area contributed by atoms with Gasteiger partial charge in [0.25, 0.3) is 0 Å². The van der Waals surface area contributed by atoms with Crippen molar-refractivity contribution in [3.63, 3.8) is 0 Å². The highest BCUT2D eigenvalue weighted by molar-refractivity contribution is 6.31. The van der Waals surface area contributed by atoms with Crippen molar-refractivity contribution in [2.75, 3.05) is 7.11 Å². The summed E-state index contributed by atoms with van der Waals surface area (Å²) < 4.78 is 11.0. The number of hydrogen-bond acceptors (Lipinski definition) is 4. The highest BCUT2D eigenvalue weighted by Crippen LogP contribution is 2.34. The van der Waals surface area contributed by atoms with Crippen LogP contribution in [0.3, 0.4) is 0 Å². The van der Waals surface area contributed by atoms with Gasteiger partial charge in [0.15, 0.2) is 0 Å². The van der Waals surface area contributed by atoms with Gasteiger partial charge in [-0.25, -0.2) is 0 Å². The van der Waals surface area contributed by atoms with Crippen molar-refractivity contribution in [2.45, 2.75) is 13.2 Å². The van der Waals surface area contributed by atoms with Gasteiger partial charge in [-0.15, -0.1) is 5.10 Å². The third-order valence-electron chi connectivity index (χ3n) is 3.47. The van der Waals surface area contributed by atoms with Gasteiger partial charge in [-0.3, -0.25) is 4.79 Å². The fraction of sp³-hybridized carbons (Fsp3) is 0.176. The summed E-state index contributed by atoms with van der Waals surface area (Å²) in [6.45, 7) is 1.44. The van der Waals surface area contributed by atoms with Crippen LogP contribution < -0.4 is 4.74 Å². The van der Waals surface area contributed by atoms with Crippen LogP contribution in [0.15, 0.2) is 53.6 Å². The van der Waals surface area contributed by atoms with Gasteiger partial charge in [0.1, 0.15) is 5.75 Å². The van der Waals surface area contributed by atoms with E-state index in [0.29, 0.717) is 16.5 Å². The highest BCUT2D eigenvalue weighted by Gasteiger charge is 2.34.